The number of likely N-dealkylation sites (N-methyl/N-ethyl adjacent to an activating group) is 1. The quantitative estimate of drug-likeness (QED) is 0.458. The van der Waals surface area contributed by atoms with Crippen molar-refractivity contribution in [3.63, 3.8) is 0 Å². The molecule has 4 N–H and O–H groups in total. The van der Waals surface area contributed by atoms with Gasteiger partial charge in [-0.1, -0.05) is 0 Å². The van der Waals surface area contributed by atoms with E-state index in [9.17, 15) is 4.79 Å². The van der Waals surface area contributed by atoms with Gasteiger partial charge in [0.05, 0.1) is 18.5 Å². The van der Waals surface area contributed by atoms with E-state index in [4.69, 9.17) is 10.9 Å². The van der Waals surface area contributed by atoms with Gasteiger partial charge in [0.25, 0.3) is 5.91 Å². The Morgan fingerprint density at radius 1 is 1.62 bits per heavy atom. The van der Waals surface area contributed by atoms with E-state index in [-0.39, 0.29) is 18.1 Å². The molecule has 0 fully saturated rings. The van der Waals surface area contributed by atoms with Crippen molar-refractivity contribution in [2.45, 2.75) is 13.0 Å². The van der Waals surface area contributed by atoms with Crippen molar-refractivity contribution in [1.82, 2.24) is 14.9 Å². The summed E-state index contributed by atoms with van der Waals surface area (Å²) in [6.45, 7) is 1.86. The Labute approximate surface area is 93.3 Å². The van der Waals surface area contributed by atoms with Crippen LogP contribution in [0, 0.1) is 0 Å². The Balaban J connectivity index is 2.72. The largest absolute Gasteiger partial charge is 0.392 e. The number of carbonyl (C=O) groups excluding carboxylic acids is 1. The summed E-state index contributed by atoms with van der Waals surface area (Å²) in [7, 11) is 1.59. The van der Waals surface area contributed by atoms with Crippen LogP contribution >= 0.6 is 0 Å². The maximum absolute atomic E-state index is 11.7. The minimum atomic E-state index is -0.577. The first-order valence-electron chi connectivity index (χ1n) is 4.76. The highest BCUT2D eigenvalue weighted by atomic mass is 16.3. The molecule has 1 rings (SSSR count). The minimum Gasteiger partial charge on any atom is -0.392 e. The van der Waals surface area contributed by atoms with Crippen LogP contribution in [0.3, 0.4) is 0 Å². The van der Waals surface area contributed by atoms with E-state index in [0.717, 1.165) is 0 Å². The Morgan fingerprint density at radius 3 is 2.75 bits per heavy atom. The lowest BCUT2D eigenvalue weighted by Gasteiger charge is -2.17. The summed E-state index contributed by atoms with van der Waals surface area (Å²) in [6, 6.07) is 0. The number of carbonyl (C=O) groups is 1. The number of nitrogen functional groups attached to an aromatic ring is 1. The monoisotopic (exact) mass is 225 g/mol. The van der Waals surface area contributed by atoms with Crippen LogP contribution in [-0.4, -0.2) is 45.6 Å². The number of rotatable bonds is 4. The summed E-state index contributed by atoms with van der Waals surface area (Å²) in [5.74, 6) is 5.21. The van der Waals surface area contributed by atoms with Crippen LogP contribution in [0.15, 0.2) is 12.4 Å². The summed E-state index contributed by atoms with van der Waals surface area (Å²) >= 11 is 0. The van der Waals surface area contributed by atoms with Gasteiger partial charge >= 0.3 is 0 Å². The molecule has 0 radical (unpaired) electrons. The average molecular weight is 225 g/mol. The second-order valence-corrected chi connectivity index (χ2v) is 3.47. The normalized spacial score (nSPS) is 12.0. The van der Waals surface area contributed by atoms with Gasteiger partial charge in [-0.15, -0.1) is 0 Å². The molecule has 1 aromatic rings. The van der Waals surface area contributed by atoms with Gasteiger partial charge in [-0.05, 0) is 6.92 Å². The van der Waals surface area contributed by atoms with E-state index in [1.54, 1.807) is 14.0 Å². The van der Waals surface area contributed by atoms with Gasteiger partial charge in [-0.25, -0.2) is 15.8 Å². The standard InChI is InChI=1S/C9H15N5O2/c1-6(15)5-14(2)9(16)7-3-12-8(13-10)4-11-7/h3-4,6,15H,5,10H2,1-2H3,(H,12,13). The molecule has 0 saturated heterocycles. The molecule has 1 atom stereocenters. The topological polar surface area (TPSA) is 104 Å². The minimum absolute atomic E-state index is 0.210. The highest BCUT2D eigenvalue weighted by Crippen LogP contribution is 2.02. The number of nitrogens with one attached hydrogen (secondary N) is 1. The Morgan fingerprint density at radius 2 is 2.31 bits per heavy atom. The van der Waals surface area contributed by atoms with Crippen molar-refractivity contribution in [2.75, 3.05) is 19.0 Å². The third-order valence-electron chi connectivity index (χ3n) is 1.90. The van der Waals surface area contributed by atoms with Crippen molar-refractivity contribution in [2.24, 2.45) is 5.84 Å². The zero-order valence-electron chi connectivity index (χ0n) is 9.21. The van der Waals surface area contributed by atoms with E-state index < -0.39 is 6.10 Å². The first-order valence-corrected chi connectivity index (χ1v) is 4.76. The highest BCUT2D eigenvalue weighted by Gasteiger charge is 2.14. The molecule has 0 aliphatic heterocycles. The number of amides is 1. The van der Waals surface area contributed by atoms with Crippen LogP contribution in [0.5, 0.6) is 0 Å². The number of hydrogen-bond acceptors (Lipinski definition) is 6. The number of hydrazine groups is 1. The number of hydrogen-bond donors (Lipinski definition) is 3. The molecule has 1 aromatic heterocycles. The predicted molar refractivity (Wildman–Crippen MR) is 58.5 cm³/mol. The van der Waals surface area contributed by atoms with Gasteiger partial charge in [-0.2, -0.15) is 0 Å². The summed E-state index contributed by atoms with van der Waals surface area (Å²) < 4.78 is 0. The van der Waals surface area contributed by atoms with Crippen LogP contribution in [0.2, 0.25) is 0 Å². The molecule has 7 nitrogen and oxygen atoms in total. The van der Waals surface area contributed by atoms with Gasteiger partial charge in [-0.3, -0.25) is 4.79 Å². The molecule has 0 aliphatic rings. The molecule has 88 valence electrons. The molecular formula is C9H15N5O2. The van der Waals surface area contributed by atoms with Crippen LogP contribution in [-0.2, 0) is 0 Å². The van der Waals surface area contributed by atoms with Crippen molar-refractivity contribution in [1.29, 1.82) is 0 Å². The SMILES string of the molecule is CC(O)CN(C)C(=O)c1cnc(NN)cn1. The number of nitrogens with two attached hydrogens (primary N) is 1. The molecule has 0 saturated carbocycles. The van der Waals surface area contributed by atoms with Crippen LogP contribution in [0.1, 0.15) is 17.4 Å². The van der Waals surface area contributed by atoms with E-state index in [0.29, 0.717) is 5.82 Å². The molecular weight excluding hydrogens is 210 g/mol. The van der Waals surface area contributed by atoms with E-state index in [2.05, 4.69) is 15.4 Å². The molecule has 0 aromatic carbocycles. The fourth-order valence-electron chi connectivity index (χ4n) is 1.19. The van der Waals surface area contributed by atoms with Crippen LogP contribution in [0.25, 0.3) is 0 Å². The van der Waals surface area contributed by atoms with Crippen molar-refractivity contribution < 1.29 is 9.90 Å². The molecule has 1 unspecified atom stereocenters. The third kappa shape index (κ3) is 3.14. The average Bonchev–Trinajstić information content (AvgIpc) is 2.27. The summed E-state index contributed by atoms with van der Waals surface area (Å²) in [5.41, 5.74) is 2.53. The Hall–Kier alpha value is -1.73. The molecule has 1 amide bonds. The van der Waals surface area contributed by atoms with Crippen molar-refractivity contribution in [3.05, 3.63) is 18.1 Å². The lowest BCUT2D eigenvalue weighted by atomic mass is 10.3. The molecule has 0 bridgehead atoms. The van der Waals surface area contributed by atoms with Gasteiger partial charge in [0, 0.05) is 13.6 Å². The molecule has 1 heterocycles. The van der Waals surface area contributed by atoms with Crippen molar-refractivity contribution in [3.8, 4) is 0 Å². The second-order valence-electron chi connectivity index (χ2n) is 3.47. The number of aliphatic hydroxyl groups is 1. The number of nitrogens with zero attached hydrogens (tertiary/aromatic N) is 3. The number of anilines is 1. The molecule has 0 aliphatic carbocycles. The highest BCUT2D eigenvalue weighted by molar-refractivity contribution is 5.91. The maximum Gasteiger partial charge on any atom is 0.273 e. The van der Waals surface area contributed by atoms with Gasteiger partial charge < -0.3 is 15.4 Å². The first-order chi connectivity index (χ1) is 7.54. The fourth-order valence-corrected chi connectivity index (χ4v) is 1.19. The van der Waals surface area contributed by atoms with E-state index >= 15 is 0 Å². The maximum atomic E-state index is 11.7. The smallest absolute Gasteiger partial charge is 0.273 e. The lowest BCUT2D eigenvalue weighted by molar-refractivity contribution is 0.0697. The first kappa shape index (κ1) is 12.3. The molecule has 16 heavy (non-hydrogen) atoms. The Bertz CT molecular complexity index is 351. The van der Waals surface area contributed by atoms with E-state index in [1.165, 1.54) is 17.3 Å². The third-order valence-corrected chi connectivity index (χ3v) is 1.90. The molecule has 7 heteroatoms. The van der Waals surface area contributed by atoms with Crippen molar-refractivity contribution >= 4 is 11.7 Å². The zero-order valence-corrected chi connectivity index (χ0v) is 9.21. The van der Waals surface area contributed by atoms with Gasteiger partial charge in [0.2, 0.25) is 0 Å². The fraction of sp³-hybridized carbons (Fsp3) is 0.444. The summed E-state index contributed by atoms with van der Waals surface area (Å²) in [6.07, 6.45) is 2.12. The van der Waals surface area contributed by atoms with Crippen LogP contribution in [0.4, 0.5) is 5.82 Å². The Kier molecular flexibility index (Phi) is 4.15. The number of aliphatic hydroxyl groups excluding tert-OH is 1. The second kappa shape index (κ2) is 5.38. The summed E-state index contributed by atoms with van der Waals surface area (Å²) in [5, 5.41) is 9.14. The van der Waals surface area contributed by atoms with Gasteiger partial charge in [0.15, 0.2) is 5.82 Å². The molecule has 0 spiro atoms. The predicted octanol–water partition coefficient (Wildman–Crippen LogP) is -0.785. The summed E-state index contributed by atoms with van der Waals surface area (Å²) in [4.78, 5) is 20.9. The van der Waals surface area contributed by atoms with E-state index in [1.807, 2.05) is 0 Å². The zero-order chi connectivity index (χ0) is 12.1. The van der Waals surface area contributed by atoms with Crippen LogP contribution < -0.4 is 11.3 Å². The number of aromatic nitrogens is 2. The van der Waals surface area contributed by atoms with Gasteiger partial charge in [0.1, 0.15) is 5.69 Å². The lowest BCUT2D eigenvalue weighted by Crippen LogP contribution is -2.33.